The summed E-state index contributed by atoms with van der Waals surface area (Å²) in [7, 11) is -3.21. The summed E-state index contributed by atoms with van der Waals surface area (Å²) >= 11 is 1.51. The Morgan fingerprint density at radius 1 is 1.47 bits per heavy atom. The van der Waals surface area contributed by atoms with Crippen molar-refractivity contribution in [2.45, 2.75) is 32.4 Å². The number of rotatable bonds is 7. The predicted octanol–water partition coefficient (Wildman–Crippen LogP) is 1.64. The number of sulfone groups is 1. The molecule has 0 aliphatic heterocycles. The smallest absolute Gasteiger partial charge is 0.158 e. The molecule has 17 heavy (non-hydrogen) atoms. The highest BCUT2D eigenvalue weighted by molar-refractivity contribution is 7.90. The first-order valence-corrected chi connectivity index (χ1v) is 8.37. The average molecular weight is 277 g/mol. The van der Waals surface area contributed by atoms with Gasteiger partial charge in [-0.1, -0.05) is 13.8 Å². The molecule has 0 saturated heterocycles. The molecule has 1 rings (SSSR count). The molecule has 4 nitrogen and oxygen atoms in total. The lowest BCUT2D eigenvalue weighted by Gasteiger charge is -2.01. The minimum Gasteiger partial charge on any atom is -0.395 e. The Morgan fingerprint density at radius 3 is 2.76 bits per heavy atom. The summed E-state index contributed by atoms with van der Waals surface area (Å²) in [5.41, 5.74) is 0.599. The zero-order chi connectivity index (χ0) is 12.9. The molecular weight excluding hydrogens is 258 g/mol. The van der Waals surface area contributed by atoms with Gasteiger partial charge in [0, 0.05) is 5.38 Å². The van der Waals surface area contributed by atoms with Gasteiger partial charge in [0.15, 0.2) is 9.84 Å². The van der Waals surface area contributed by atoms with Gasteiger partial charge in [0.2, 0.25) is 0 Å². The predicted molar refractivity (Wildman–Crippen MR) is 69.8 cm³/mol. The third kappa shape index (κ3) is 5.61. The van der Waals surface area contributed by atoms with Crippen LogP contribution in [0.4, 0.5) is 0 Å². The summed E-state index contributed by atoms with van der Waals surface area (Å²) in [6.07, 6.45) is 1.97. The molecule has 1 heterocycles. The molecule has 0 aromatic carbocycles. The van der Waals surface area contributed by atoms with Crippen molar-refractivity contribution in [1.29, 1.82) is 0 Å². The van der Waals surface area contributed by atoms with Crippen LogP contribution in [-0.4, -0.2) is 30.9 Å². The first-order valence-electron chi connectivity index (χ1n) is 5.67. The average Bonchev–Trinajstić information content (AvgIpc) is 2.61. The normalized spacial score (nSPS) is 12.2. The van der Waals surface area contributed by atoms with Gasteiger partial charge in [-0.15, -0.1) is 11.3 Å². The Balaban J connectivity index is 2.57. The number of aromatic nitrogens is 1. The van der Waals surface area contributed by atoms with E-state index in [-0.39, 0.29) is 18.1 Å². The lowest BCUT2D eigenvalue weighted by atomic mass is 10.1. The van der Waals surface area contributed by atoms with Crippen LogP contribution in [0, 0.1) is 5.92 Å². The zero-order valence-corrected chi connectivity index (χ0v) is 11.9. The minimum absolute atomic E-state index is 0.0638. The van der Waals surface area contributed by atoms with E-state index in [1.165, 1.54) is 11.3 Å². The maximum Gasteiger partial charge on any atom is 0.158 e. The van der Waals surface area contributed by atoms with E-state index in [2.05, 4.69) is 18.8 Å². The van der Waals surface area contributed by atoms with E-state index in [4.69, 9.17) is 5.11 Å². The lowest BCUT2D eigenvalue weighted by molar-refractivity contribution is 0.319. The van der Waals surface area contributed by atoms with Crippen molar-refractivity contribution in [1.82, 2.24) is 4.98 Å². The summed E-state index contributed by atoms with van der Waals surface area (Å²) in [4.78, 5) is 4.31. The summed E-state index contributed by atoms with van der Waals surface area (Å²) in [6.45, 7) is 3.98. The zero-order valence-electron chi connectivity index (χ0n) is 10.2. The van der Waals surface area contributed by atoms with E-state index in [0.29, 0.717) is 11.6 Å². The van der Waals surface area contributed by atoms with E-state index < -0.39 is 9.84 Å². The van der Waals surface area contributed by atoms with Crippen LogP contribution in [0.3, 0.4) is 0 Å². The Hall–Kier alpha value is -0.460. The Kier molecular flexibility index (Phi) is 5.55. The van der Waals surface area contributed by atoms with Gasteiger partial charge in [0.25, 0.3) is 0 Å². The van der Waals surface area contributed by atoms with Gasteiger partial charge in [0.05, 0.1) is 28.8 Å². The fourth-order valence-electron chi connectivity index (χ4n) is 1.38. The number of nitrogens with zero attached hydrogens (tertiary/aromatic N) is 1. The fourth-order valence-corrected chi connectivity index (χ4v) is 3.32. The molecule has 0 amide bonds. The molecule has 1 aromatic rings. The molecule has 0 unspecified atom stereocenters. The summed E-state index contributed by atoms with van der Waals surface area (Å²) in [5, 5.41) is 11.4. The van der Waals surface area contributed by atoms with E-state index in [0.717, 1.165) is 17.8 Å². The summed E-state index contributed by atoms with van der Waals surface area (Å²) in [6, 6.07) is 0. The van der Waals surface area contributed by atoms with Gasteiger partial charge in [-0.05, 0) is 18.8 Å². The molecule has 1 aromatic heterocycles. The molecule has 98 valence electrons. The van der Waals surface area contributed by atoms with Gasteiger partial charge in [-0.25, -0.2) is 13.4 Å². The highest BCUT2D eigenvalue weighted by Gasteiger charge is 2.13. The summed E-state index contributed by atoms with van der Waals surface area (Å²) in [5.74, 6) is 0.373. The number of aliphatic hydroxyl groups excluding tert-OH is 1. The highest BCUT2D eigenvalue weighted by Crippen LogP contribution is 2.16. The molecular formula is C11H19NO3S2. The summed E-state index contributed by atoms with van der Waals surface area (Å²) < 4.78 is 23.0. The largest absolute Gasteiger partial charge is 0.395 e. The first kappa shape index (κ1) is 14.6. The Bertz CT molecular complexity index is 437. The van der Waals surface area contributed by atoms with Crippen LogP contribution < -0.4 is 0 Å². The van der Waals surface area contributed by atoms with Crippen LogP contribution in [0.15, 0.2) is 5.38 Å². The third-order valence-corrected chi connectivity index (χ3v) is 4.80. The van der Waals surface area contributed by atoms with Crippen LogP contribution in [0.1, 0.15) is 31.0 Å². The molecule has 0 fully saturated rings. The Labute approximate surface area is 107 Å². The SMILES string of the molecule is CC(C)CCc1nc(CS(=O)(=O)CCO)cs1. The first-order chi connectivity index (χ1) is 7.93. The maximum absolute atomic E-state index is 11.5. The van der Waals surface area contributed by atoms with Crippen molar-refractivity contribution in [2.24, 2.45) is 5.92 Å². The van der Waals surface area contributed by atoms with Crippen LogP contribution in [0.2, 0.25) is 0 Å². The van der Waals surface area contributed by atoms with Gasteiger partial charge < -0.3 is 5.11 Å². The molecule has 0 aliphatic carbocycles. The second kappa shape index (κ2) is 6.47. The van der Waals surface area contributed by atoms with Crippen molar-refractivity contribution in [3.8, 4) is 0 Å². The molecule has 1 N–H and O–H groups in total. The number of thiazole rings is 1. The molecule has 0 aliphatic rings. The molecule has 0 bridgehead atoms. The van der Waals surface area contributed by atoms with Crippen molar-refractivity contribution in [3.05, 3.63) is 16.1 Å². The quantitative estimate of drug-likeness (QED) is 0.822. The van der Waals surface area contributed by atoms with E-state index in [1.54, 1.807) is 5.38 Å². The molecule has 0 spiro atoms. The molecule has 0 radical (unpaired) electrons. The van der Waals surface area contributed by atoms with Gasteiger partial charge in [-0.2, -0.15) is 0 Å². The van der Waals surface area contributed by atoms with Crippen LogP contribution in [-0.2, 0) is 22.0 Å². The van der Waals surface area contributed by atoms with Gasteiger partial charge >= 0.3 is 0 Å². The molecule has 0 saturated carbocycles. The van der Waals surface area contributed by atoms with E-state index in [1.807, 2.05) is 0 Å². The van der Waals surface area contributed by atoms with Gasteiger partial charge in [0.1, 0.15) is 0 Å². The minimum atomic E-state index is -3.21. The third-order valence-electron chi connectivity index (χ3n) is 2.30. The fraction of sp³-hybridized carbons (Fsp3) is 0.727. The lowest BCUT2D eigenvalue weighted by Crippen LogP contribution is -2.12. The van der Waals surface area contributed by atoms with Crippen molar-refractivity contribution < 1.29 is 13.5 Å². The second-order valence-corrected chi connectivity index (χ2v) is 7.61. The van der Waals surface area contributed by atoms with Crippen LogP contribution in [0.25, 0.3) is 0 Å². The molecule has 6 heteroatoms. The maximum atomic E-state index is 11.5. The van der Waals surface area contributed by atoms with Gasteiger partial charge in [-0.3, -0.25) is 0 Å². The van der Waals surface area contributed by atoms with Crippen molar-refractivity contribution >= 4 is 21.2 Å². The topological polar surface area (TPSA) is 67.3 Å². The number of hydrogen-bond acceptors (Lipinski definition) is 5. The van der Waals surface area contributed by atoms with Crippen molar-refractivity contribution in [2.75, 3.05) is 12.4 Å². The number of hydrogen-bond donors (Lipinski definition) is 1. The standard InChI is InChI=1S/C11H19NO3S2/c1-9(2)3-4-11-12-10(7-16-11)8-17(14,15)6-5-13/h7,9,13H,3-6,8H2,1-2H3. The van der Waals surface area contributed by atoms with E-state index >= 15 is 0 Å². The monoisotopic (exact) mass is 277 g/mol. The second-order valence-electron chi connectivity index (χ2n) is 4.48. The van der Waals surface area contributed by atoms with Crippen LogP contribution >= 0.6 is 11.3 Å². The molecule has 0 atom stereocenters. The number of aliphatic hydroxyl groups is 1. The van der Waals surface area contributed by atoms with E-state index in [9.17, 15) is 8.42 Å². The number of aryl methyl sites for hydroxylation is 1. The Morgan fingerprint density at radius 2 is 2.18 bits per heavy atom. The highest BCUT2D eigenvalue weighted by atomic mass is 32.2. The van der Waals surface area contributed by atoms with Crippen molar-refractivity contribution in [3.63, 3.8) is 0 Å². The van der Waals surface area contributed by atoms with Crippen LogP contribution in [0.5, 0.6) is 0 Å².